The summed E-state index contributed by atoms with van der Waals surface area (Å²) in [7, 11) is 0. The Kier molecular flexibility index (Phi) is 2.49. The van der Waals surface area contributed by atoms with Crippen LogP contribution in [0.1, 0.15) is 10.6 Å². The second-order valence-electron chi connectivity index (χ2n) is 3.65. The monoisotopic (exact) mass is 253 g/mol. The quantitative estimate of drug-likeness (QED) is 0.611. The zero-order valence-electron chi connectivity index (χ0n) is 8.82. The molecule has 1 aliphatic heterocycles. The lowest BCUT2D eigenvalue weighted by Crippen LogP contribution is -2.25. The molecule has 0 aliphatic carbocycles. The zero-order valence-corrected chi connectivity index (χ0v) is 10.5. The van der Waals surface area contributed by atoms with Crippen molar-refractivity contribution in [3.8, 4) is 0 Å². The van der Waals surface area contributed by atoms with E-state index in [0.717, 1.165) is 35.2 Å². The van der Waals surface area contributed by atoms with Crippen molar-refractivity contribution in [3.63, 3.8) is 0 Å². The van der Waals surface area contributed by atoms with Gasteiger partial charge in [0.15, 0.2) is 4.96 Å². The summed E-state index contributed by atoms with van der Waals surface area (Å²) in [6, 6.07) is 1.62. The summed E-state index contributed by atoms with van der Waals surface area (Å²) >= 11 is 3.13. The lowest BCUT2D eigenvalue weighted by atomic mass is 10.2. The second-order valence-corrected chi connectivity index (χ2v) is 5.54. The lowest BCUT2D eigenvalue weighted by molar-refractivity contribution is 0.634. The number of hydrogen-bond acceptors (Lipinski definition) is 5. The van der Waals surface area contributed by atoms with Crippen LogP contribution >= 0.6 is 23.1 Å². The molecule has 3 rings (SSSR count). The average Bonchev–Trinajstić information content (AvgIpc) is 2.67. The molecular weight excluding hydrogens is 242 g/mol. The van der Waals surface area contributed by atoms with Gasteiger partial charge in [-0.2, -0.15) is 0 Å². The van der Waals surface area contributed by atoms with Crippen molar-refractivity contribution in [3.05, 3.63) is 27.0 Å². The molecule has 1 aliphatic rings. The minimum atomic E-state index is 0.0498. The Morgan fingerprint density at radius 3 is 3.31 bits per heavy atom. The van der Waals surface area contributed by atoms with E-state index in [2.05, 4.69) is 10.3 Å². The van der Waals surface area contributed by atoms with Crippen LogP contribution in [0.25, 0.3) is 4.96 Å². The molecule has 84 valence electrons. The topological polar surface area (TPSA) is 46.4 Å². The van der Waals surface area contributed by atoms with Crippen LogP contribution in [-0.2, 0) is 13.0 Å². The maximum Gasteiger partial charge on any atom is 0.259 e. The van der Waals surface area contributed by atoms with E-state index in [9.17, 15) is 4.79 Å². The predicted molar refractivity (Wildman–Crippen MR) is 66.5 cm³/mol. The van der Waals surface area contributed by atoms with E-state index in [1.54, 1.807) is 21.8 Å². The first kappa shape index (κ1) is 10.3. The molecule has 0 radical (unpaired) electrons. The number of nitrogens with one attached hydrogen (secondary N) is 1. The van der Waals surface area contributed by atoms with Gasteiger partial charge in [-0.05, 0) is 6.26 Å². The van der Waals surface area contributed by atoms with E-state index in [4.69, 9.17) is 0 Å². The van der Waals surface area contributed by atoms with Crippen LogP contribution in [-0.4, -0.2) is 22.2 Å². The van der Waals surface area contributed by atoms with Crippen LogP contribution in [0.4, 0.5) is 0 Å². The van der Waals surface area contributed by atoms with E-state index in [1.165, 1.54) is 16.6 Å². The van der Waals surface area contributed by atoms with Crippen molar-refractivity contribution in [1.29, 1.82) is 0 Å². The summed E-state index contributed by atoms with van der Waals surface area (Å²) < 4.78 is 1.76. The van der Waals surface area contributed by atoms with Crippen LogP contribution in [0, 0.1) is 0 Å². The molecule has 3 heterocycles. The molecule has 6 heteroatoms. The number of nitrogens with zero attached hydrogens (tertiary/aromatic N) is 2. The first-order chi connectivity index (χ1) is 7.79. The molecule has 2 aromatic heterocycles. The largest absolute Gasteiger partial charge is 0.311 e. The smallest absolute Gasteiger partial charge is 0.259 e. The molecule has 16 heavy (non-hydrogen) atoms. The average molecular weight is 253 g/mol. The Bertz CT molecular complexity index is 602. The SMILES string of the molecule is CSc1cc(=O)n2c3c(sc2n1)CNCC3. The van der Waals surface area contributed by atoms with Gasteiger partial charge in [0.05, 0.1) is 0 Å². The van der Waals surface area contributed by atoms with Gasteiger partial charge in [0, 0.05) is 36.1 Å². The maximum atomic E-state index is 12.0. The van der Waals surface area contributed by atoms with Crippen LogP contribution in [0.2, 0.25) is 0 Å². The Balaban J connectivity index is 2.34. The van der Waals surface area contributed by atoms with Crippen LogP contribution < -0.4 is 10.9 Å². The van der Waals surface area contributed by atoms with Crippen LogP contribution in [0.3, 0.4) is 0 Å². The molecule has 0 aromatic carbocycles. The third-order valence-corrected chi connectivity index (χ3v) is 4.41. The molecule has 0 bridgehead atoms. The summed E-state index contributed by atoms with van der Waals surface area (Å²) in [5.41, 5.74) is 1.19. The van der Waals surface area contributed by atoms with E-state index in [0.29, 0.717) is 0 Å². The highest BCUT2D eigenvalue weighted by molar-refractivity contribution is 7.98. The van der Waals surface area contributed by atoms with Gasteiger partial charge in [0.1, 0.15) is 5.03 Å². The summed E-state index contributed by atoms with van der Waals surface area (Å²) in [5, 5.41) is 4.11. The highest BCUT2D eigenvalue weighted by atomic mass is 32.2. The fraction of sp³-hybridized carbons (Fsp3) is 0.400. The van der Waals surface area contributed by atoms with Gasteiger partial charge in [0.25, 0.3) is 5.56 Å². The van der Waals surface area contributed by atoms with Crippen LogP contribution in [0.5, 0.6) is 0 Å². The summed E-state index contributed by atoms with van der Waals surface area (Å²) in [6.45, 7) is 1.80. The first-order valence-corrected chi connectivity index (χ1v) is 7.13. The number of rotatable bonds is 1. The molecule has 0 atom stereocenters. The van der Waals surface area contributed by atoms with Gasteiger partial charge in [0.2, 0.25) is 0 Å². The Hall–Kier alpha value is -0.850. The van der Waals surface area contributed by atoms with Gasteiger partial charge < -0.3 is 5.32 Å². The first-order valence-electron chi connectivity index (χ1n) is 5.08. The highest BCUT2D eigenvalue weighted by Crippen LogP contribution is 2.24. The maximum absolute atomic E-state index is 12.0. The Morgan fingerprint density at radius 1 is 1.62 bits per heavy atom. The normalized spacial score (nSPS) is 15.3. The van der Waals surface area contributed by atoms with Crippen LogP contribution in [0.15, 0.2) is 15.9 Å². The zero-order chi connectivity index (χ0) is 11.1. The van der Waals surface area contributed by atoms with Gasteiger partial charge in [-0.15, -0.1) is 11.8 Å². The number of fused-ring (bicyclic) bond motifs is 3. The minimum Gasteiger partial charge on any atom is -0.311 e. The third kappa shape index (κ3) is 1.49. The lowest BCUT2D eigenvalue weighted by Gasteiger charge is -2.11. The van der Waals surface area contributed by atoms with Gasteiger partial charge in [-0.1, -0.05) is 11.3 Å². The third-order valence-electron chi connectivity index (χ3n) is 2.70. The molecule has 0 saturated heterocycles. The predicted octanol–water partition coefficient (Wildman–Crippen LogP) is 1.12. The minimum absolute atomic E-state index is 0.0498. The highest BCUT2D eigenvalue weighted by Gasteiger charge is 2.17. The Morgan fingerprint density at radius 2 is 2.50 bits per heavy atom. The van der Waals surface area contributed by atoms with Crippen molar-refractivity contribution in [2.45, 2.75) is 18.0 Å². The molecular formula is C10H11N3OS2. The van der Waals surface area contributed by atoms with E-state index < -0.39 is 0 Å². The molecule has 1 N–H and O–H groups in total. The van der Waals surface area contributed by atoms with Crippen molar-refractivity contribution in [2.24, 2.45) is 0 Å². The van der Waals surface area contributed by atoms with E-state index in [-0.39, 0.29) is 5.56 Å². The fourth-order valence-electron chi connectivity index (χ4n) is 1.95. The molecule has 2 aromatic rings. The van der Waals surface area contributed by atoms with Crippen molar-refractivity contribution in [1.82, 2.24) is 14.7 Å². The summed E-state index contributed by atoms with van der Waals surface area (Å²) in [4.78, 5) is 18.5. The molecule has 0 unspecified atom stereocenters. The number of aromatic nitrogens is 2. The Labute approximate surface area is 101 Å². The van der Waals surface area contributed by atoms with E-state index in [1.807, 2.05) is 6.26 Å². The fourth-order valence-corrected chi connectivity index (χ4v) is 3.55. The molecule has 4 nitrogen and oxygen atoms in total. The molecule has 0 saturated carbocycles. The molecule has 0 spiro atoms. The summed E-state index contributed by atoms with van der Waals surface area (Å²) in [6.07, 6.45) is 2.85. The number of hydrogen-bond donors (Lipinski definition) is 1. The van der Waals surface area contributed by atoms with Gasteiger partial charge >= 0.3 is 0 Å². The number of thioether (sulfide) groups is 1. The van der Waals surface area contributed by atoms with Gasteiger partial charge in [-0.3, -0.25) is 9.20 Å². The molecule has 0 fully saturated rings. The van der Waals surface area contributed by atoms with E-state index >= 15 is 0 Å². The van der Waals surface area contributed by atoms with Crippen molar-refractivity contribution >= 4 is 28.1 Å². The summed E-state index contributed by atoms with van der Waals surface area (Å²) in [5.74, 6) is 0. The second kappa shape index (κ2) is 3.87. The molecule has 0 amide bonds. The van der Waals surface area contributed by atoms with Gasteiger partial charge in [-0.25, -0.2) is 4.98 Å². The van der Waals surface area contributed by atoms with Crippen molar-refractivity contribution < 1.29 is 0 Å². The van der Waals surface area contributed by atoms with Crippen molar-refractivity contribution in [2.75, 3.05) is 12.8 Å². The number of thiazole rings is 1. The standard InChI is InChI=1S/C10H11N3OS2/c1-15-8-4-9(14)13-6-2-3-11-5-7(6)16-10(13)12-8/h4,11H,2-3,5H2,1H3.